The van der Waals surface area contributed by atoms with Gasteiger partial charge in [0, 0.05) is 43.1 Å². The molecule has 6 nitrogen and oxygen atoms in total. The predicted molar refractivity (Wildman–Crippen MR) is 154 cm³/mol. The van der Waals surface area contributed by atoms with E-state index in [0.29, 0.717) is 31.9 Å². The lowest BCUT2D eigenvalue weighted by molar-refractivity contribution is 0.0746. The van der Waals surface area contributed by atoms with E-state index in [4.69, 9.17) is 0 Å². The van der Waals surface area contributed by atoms with E-state index in [-0.39, 0.29) is 16.2 Å². The van der Waals surface area contributed by atoms with Crippen molar-refractivity contribution in [1.29, 1.82) is 0 Å². The minimum atomic E-state index is -3.70. The summed E-state index contributed by atoms with van der Waals surface area (Å²) in [6.07, 6.45) is 0. The summed E-state index contributed by atoms with van der Waals surface area (Å²) in [6.45, 7) is 9.19. The minimum absolute atomic E-state index is 0.0545. The molecule has 196 valence electrons. The molecule has 0 unspecified atom stereocenters. The maximum absolute atomic E-state index is 13.0. The van der Waals surface area contributed by atoms with Gasteiger partial charge in [0.05, 0.1) is 4.90 Å². The van der Waals surface area contributed by atoms with Crippen LogP contribution in [0.15, 0.2) is 95.9 Å². The molecule has 0 saturated carbocycles. The second-order valence-electron chi connectivity index (χ2n) is 10.8. The van der Waals surface area contributed by atoms with Gasteiger partial charge in [0.2, 0.25) is 0 Å². The van der Waals surface area contributed by atoms with Crippen molar-refractivity contribution >= 4 is 38.1 Å². The molecular formula is C31H33N3O3S. The van der Waals surface area contributed by atoms with Crippen molar-refractivity contribution < 1.29 is 13.2 Å². The van der Waals surface area contributed by atoms with Crippen molar-refractivity contribution in [3.05, 3.63) is 102 Å². The Kier molecular flexibility index (Phi) is 6.88. The van der Waals surface area contributed by atoms with E-state index in [2.05, 4.69) is 30.4 Å². The Balaban J connectivity index is 1.20. The lowest BCUT2D eigenvalue weighted by atomic mass is 9.86. The van der Waals surface area contributed by atoms with Gasteiger partial charge in [0.1, 0.15) is 0 Å². The standard InChI is InChI=1S/C31H33N3O3S/c1-31(2,3)26-11-8-24(9-12-26)30(35)34-20-18-33(19-21-34)28-15-13-27(14-16-28)32-38(36,37)29-17-10-23-6-4-5-7-25(23)22-29/h4-17,22,32H,18-21H2,1-3H3. The Hall–Kier alpha value is -3.84. The molecule has 1 heterocycles. The largest absolute Gasteiger partial charge is 0.368 e. The molecule has 0 atom stereocenters. The third kappa shape index (κ3) is 5.53. The Morgan fingerprint density at radius 2 is 1.39 bits per heavy atom. The Morgan fingerprint density at radius 1 is 0.763 bits per heavy atom. The minimum Gasteiger partial charge on any atom is -0.368 e. The second kappa shape index (κ2) is 10.1. The number of piperazine rings is 1. The first-order chi connectivity index (χ1) is 18.1. The third-order valence-electron chi connectivity index (χ3n) is 7.08. The van der Waals surface area contributed by atoms with Crippen LogP contribution in [0.1, 0.15) is 36.7 Å². The van der Waals surface area contributed by atoms with Crippen LogP contribution in [-0.4, -0.2) is 45.4 Å². The van der Waals surface area contributed by atoms with Gasteiger partial charge < -0.3 is 9.80 Å². The molecule has 1 aliphatic heterocycles. The highest BCUT2D eigenvalue weighted by Crippen LogP contribution is 2.25. The predicted octanol–water partition coefficient (Wildman–Crippen LogP) is 5.90. The normalized spacial score (nSPS) is 14.5. The fourth-order valence-corrected chi connectivity index (χ4v) is 5.85. The summed E-state index contributed by atoms with van der Waals surface area (Å²) in [7, 11) is -3.70. The van der Waals surface area contributed by atoms with Crippen LogP contribution in [0.4, 0.5) is 11.4 Å². The molecule has 38 heavy (non-hydrogen) atoms. The van der Waals surface area contributed by atoms with Gasteiger partial charge >= 0.3 is 0 Å². The highest BCUT2D eigenvalue weighted by molar-refractivity contribution is 7.92. The van der Waals surface area contributed by atoms with Crippen molar-refractivity contribution in [3.63, 3.8) is 0 Å². The lowest BCUT2D eigenvalue weighted by Crippen LogP contribution is -2.48. The van der Waals surface area contributed by atoms with Crippen LogP contribution >= 0.6 is 0 Å². The monoisotopic (exact) mass is 527 g/mol. The van der Waals surface area contributed by atoms with E-state index in [1.807, 2.05) is 71.6 Å². The first-order valence-electron chi connectivity index (χ1n) is 12.9. The summed E-state index contributed by atoms with van der Waals surface area (Å²) in [5, 5.41) is 1.88. The molecule has 0 aliphatic carbocycles. The molecule has 4 aromatic carbocycles. The van der Waals surface area contributed by atoms with E-state index in [1.54, 1.807) is 24.3 Å². The molecule has 5 rings (SSSR count). The number of fused-ring (bicyclic) bond motifs is 1. The number of hydrogen-bond donors (Lipinski definition) is 1. The average molecular weight is 528 g/mol. The first kappa shape index (κ1) is 25.8. The van der Waals surface area contributed by atoms with Crippen molar-refractivity contribution in [2.24, 2.45) is 0 Å². The Morgan fingerprint density at radius 3 is 2.03 bits per heavy atom. The van der Waals surface area contributed by atoms with Crippen LogP contribution < -0.4 is 9.62 Å². The highest BCUT2D eigenvalue weighted by atomic mass is 32.2. The molecule has 0 aromatic heterocycles. The van der Waals surface area contributed by atoms with Gasteiger partial charge in [-0.25, -0.2) is 8.42 Å². The van der Waals surface area contributed by atoms with Crippen LogP contribution in [0.25, 0.3) is 10.8 Å². The number of nitrogens with one attached hydrogen (secondary N) is 1. The molecule has 0 radical (unpaired) electrons. The van der Waals surface area contributed by atoms with Gasteiger partial charge in [-0.2, -0.15) is 0 Å². The van der Waals surface area contributed by atoms with E-state index in [1.165, 1.54) is 5.56 Å². The quantitative estimate of drug-likeness (QED) is 0.351. The number of benzene rings is 4. The number of carbonyl (C=O) groups excluding carboxylic acids is 1. The van der Waals surface area contributed by atoms with Crippen LogP contribution in [0.2, 0.25) is 0 Å². The molecule has 1 saturated heterocycles. The van der Waals surface area contributed by atoms with Gasteiger partial charge in [-0.15, -0.1) is 0 Å². The van der Waals surface area contributed by atoms with Gasteiger partial charge in [-0.3, -0.25) is 9.52 Å². The zero-order valence-corrected chi connectivity index (χ0v) is 22.8. The van der Waals surface area contributed by atoms with Gasteiger partial charge in [0.25, 0.3) is 15.9 Å². The van der Waals surface area contributed by atoms with E-state index < -0.39 is 10.0 Å². The average Bonchev–Trinajstić information content (AvgIpc) is 2.92. The number of sulfonamides is 1. The van der Waals surface area contributed by atoms with Crippen LogP contribution in [0.5, 0.6) is 0 Å². The Bertz CT molecular complexity index is 1550. The highest BCUT2D eigenvalue weighted by Gasteiger charge is 2.23. The van der Waals surface area contributed by atoms with Gasteiger partial charge in [-0.05, 0) is 70.3 Å². The second-order valence-corrected chi connectivity index (χ2v) is 12.5. The summed E-state index contributed by atoms with van der Waals surface area (Å²) in [6, 6.07) is 28.1. The summed E-state index contributed by atoms with van der Waals surface area (Å²) in [4.78, 5) is 17.4. The molecule has 1 fully saturated rings. The number of amides is 1. The number of anilines is 2. The number of carbonyl (C=O) groups is 1. The molecule has 1 aliphatic rings. The van der Waals surface area contributed by atoms with E-state index >= 15 is 0 Å². The van der Waals surface area contributed by atoms with Crippen molar-refractivity contribution in [2.45, 2.75) is 31.1 Å². The van der Waals surface area contributed by atoms with Gasteiger partial charge in [0.15, 0.2) is 0 Å². The number of nitrogens with zero attached hydrogens (tertiary/aromatic N) is 2. The topological polar surface area (TPSA) is 69.7 Å². The molecule has 0 spiro atoms. The molecule has 1 amide bonds. The Labute approximate surface area is 224 Å². The molecular weight excluding hydrogens is 494 g/mol. The maximum Gasteiger partial charge on any atom is 0.261 e. The summed E-state index contributed by atoms with van der Waals surface area (Å²) in [5.74, 6) is 0.0588. The van der Waals surface area contributed by atoms with Gasteiger partial charge in [-0.1, -0.05) is 63.2 Å². The van der Waals surface area contributed by atoms with Crippen molar-refractivity contribution in [2.75, 3.05) is 35.8 Å². The van der Waals surface area contributed by atoms with Crippen LogP contribution in [0, 0.1) is 0 Å². The number of hydrogen-bond acceptors (Lipinski definition) is 4. The van der Waals surface area contributed by atoms with Crippen molar-refractivity contribution in [1.82, 2.24) is 4.90 Å². The van der Waals surface area contributed by atoms with E-state index in [9.17, 15) is 13.2 Å². The SMILES string of the molecule is CC(C)(C)c1ccc(C(=O)N2CCN(c3ccc(NS(=O)(=O)c4ccc5ccccc5c4)cc3)CC2)cc1. The molecule has 0 bridgehead atoms. The fraction of sp³-hybridized carbons (Fsp3) is 0.258. The van der Waals surface area contributed by atoms with Crippen LogP contribution in [-0.2, 0) is 15.4 Å². The van der Waals surface area contributed by atoms with E-state index in [0.717, 1.165) is 22.0 Å². The zero-order valence-electron chi connectivity index (χ0n) is 22.0. The number of rotatable bonds is 5. The zero-order chi connectivity index (χ0) is 26.9. The van der Waals surface area contributed by atoms with Crippen LogP contribution in [0.3, 0.4) is 0 Å². The summed E-state index contributed by atoms with van der Waals surface area (Å²) < 4.78 is 28.6. The summed E-state index contributed by atoms with van der Waals surface area (Å²) >= 11 is 0. The third-order valence-corrected chi connectivity index (χ3v) is 8.46. The molecule has 4 aromatic rings. The smallest absolute Gasteiger partial charge is 0.261 e. The molecule has 7 heteroatoms. The molecule has 1 N–H and O–H groups in total. The maximum atomic E-state index is 13.0. The van der Waals surface area contributed by atoms with Crippen molar-refractivity contribution in [3.8, 4) is 0 Å². The summed E-state index contributed by atoms with van der Waals surface area (Å²) in [5.41, 5.74) is 3.49. The fourth-order valence-electron chi connectivity index (χ4n) is 4.75. The lowest BCUT2D eigenvalue weighted by Gasteiger charge is -2.36. The first-order valence-corrected chi connectivity index (χ1v) is 14.3.